The van der Waals surface area contributed by atoms with Gasteiger partial charge in [0, 0.05) is 30.4 Å². The summed E-state index contributed by atoms with van der Waals surface area (Å²) >= 11 is 0. The van der Waals surface area contributed by atoms with Crippen molar-refractivity contribution in [2.24, 2.45) is 7.05 Å². The van der Waals surface area contributed by atoms with E-state index in [4.69, 9.17) is 0 Å². The molecule has 0 aliphatic carbocycles. The highest BCUT2D eigenvalue weighted by molar-refractivity contribution is 5.95. The lowest BCUT2D eigenvalue weighted by atomic mass is 9.99. The molecule has 3 heterocycles. The zero-order valence-corrected chi connectivity index (χ0v) is 15.3. The first-order valence-electron chi connectivity index (χ1n) is 8.68. The Balaban J connectivity index is 1.76. The van der Waals surface area contributed by atoms with Crippen LogP contribution in [0.1, 0.15) is 22.5 Å². The van der Waals surface area contributed by atoms with E-state index in [1.54, 1.807) is 36.1 Å². The fourth-order valence-corrected chi connectivity index (χ4v) is 3.22. The van der Waals surface area contributed by atoms with Gasteiger partial charge in [0.2, 0.25) is 0 Å². The number of pyridine rings is 2. The van der Waals surface area contributed by atoms with E-state index < -0.39 is 11.9 Å². The Bertz CT molecular complexity index is 1250. The van der Waals surface area contributed by atoms with Gasteiger partial charge >= 0.3 is 6.18 Å². The molecule has 0 radical (unpaired) electrons. The Morgan fingerprint density at radius 1 is 1.10 bits per heavy atom. The molecule has 0 amide bonds. The third-order valence-corrected chi connectivity index (χ3v) is 4.53. The Kier molecular flexibility index (Phi) is 4.51. The van der Waals surface area contributed by atoms with Gasteiger partial charge in [0.1, 0.15) is 17.5 Å². The maximum atomic E-state index is 12.9. The Morgan fingerprint density at radius 3 is 2.59 bits per heavy atom. The van der Waals surface area contributed by atoms with E-state index >= 15 is 0 Å². The largest absolute Gasteiger partial charge is 0.433 e. The number of hydrogen-bond acceptors (Lipinski definition) is 4. The van der Waals surface area contributed by atoms with E-state index in [9.17, 15) is 18.4 Å². The van der Waals surface area contributed by atoms with Crippen LogP contribution < -0.4 is 0 Å². The standard InChI is InChI=1S/C21H14F3N5/c1-29-12-15(11-27-29)18-9-16(10-25)28-19-7-13(2-3-17(18)19)6-14-4-5-26-20(8-14)21(22,23)24/h2-5,7-9,11-12H,6H2,1H3. The molecular formula is C21H14F3N5. The predicted molar refractivity (Wildman–Crippen MR) is 101 cm³/mol. The van der Waals surface area contributed by atoms with E-state index in [-0.39, 0.29) is 5.69 Å². The number of rotatable bonds is 3. The Hall–Kier alpha value is -3.73. The average Bonchev–Trinajstić information content (AvgIpc) is 3.12. The van der Waals surface area contributed by atoms with Crippen LogP contribution in [-0.2, 0) is 19.6 Å². The smallest absolute Gasteiger partial charge is 0.275 e. The highest BCUT2D eigenvalue weighted by Crippen LogP contribution is 2.30. The molecule has 4 aromatic rings. The first-order chi connectivity index (χ1) is 13.8. The van der Waals surface area contributed by atoms with Crippen molar-refractivity contribution in [3.05, 3.63) is 77.5 Å². The topological polar surface area (TPSA) is 67.4 Å². The maximum absolute atomic E-state index is 12.9. The molecule has 4 rings (SSSR count). The van der Waals surface area contributed by atoms with E-state index in [1.165, 1.54) is 0 Å². The molecule has 0 saturated carbocycles. The third kappa shape index (κ3) is 3.80. The van der Waals surface area contributed by atoms with Gasteiger partial charge in [0.15, 0.2) is 0 Å². The molecule has 0 N–H and O–H groups in total. The monoisotopic (exact) mass is 393 g/mol. The summed E-state index contributed by atoms with van der Waals surface area (Å²) in [6, 6.07) is 11.9. The predicted octanol–water partition coefficient (Wildman–Crippen LogP) is 4.51. The van der Waals surface area contributed by atoms with Crippen molar-refractivity contribution in [1.29, 1.82) is 5.26 Å². The summed E-state index contributed by atoms with van der Waals surface area (Å²) in [6.45, 7) is 0. The Labute approximate surface area is 164 Å². The Morgan fingerprint density at radius 2 is 1.90 bits per heavy atom. The van der Waals surface area contributed by atoms with Crippen molar-refractivity contribution < 1.29 is 13.2 Å². The number of nitrogens with zero attached hydrogens (tertiary/aromatic N) is 5. The zero-order chi connectivity index (χ0) is 20.6. The van der Waals surface area contributed by atoms with E-state index in [0.717, 1.165) is 34.3 Å². The number of benzene rings is 1. The number of alkyl halides is 3. The first-order valence-corrected chi connectivity index (χ1v) is 8.68. The summed E-state index contributed by atoms with van der Waals surface area (Å²) in [5.41, 5.74) is 2.91. The first kappa shape index (κ1) is 18.6. The molecule has 0 spiro atoms. The summed E-state index contributed by atoms with van der Waals surface area (Å²) in [4.78, 5) is 7.76. The fraction of sp³-hybridized carbons (Fsp3) is 0.143. The quantitative estimate of drug-likeness (QED) is 0.514. The molecule has 144 valence electrons. The minimum atomic E-state index is -4.48. The number of halogens is 3. The SMILES string of the molecule is Cn1cc(-c2cc(C#N)nc3cc(Cc4ccnc(C(F)(F)F)c4)ccc23)cn1. The number of fused-ring (bicyclic) bond motifs is 1. The van der Waals surface area contributed by atoms with Gasteiger partial charge in [-0.1, -0.05) is 12.1 Å². The van der Waals surface area contributed by atoms with E-state index in [2.05, 4.69) is 21.1 Å². The molecule has 0 unspecified atom stereocenters. The zero-order valence-electron chi connectivity index (χ0n) is 15.3. The van der Waals surface area contributed by atoms with Gasteiger partial charge in [-0.2, -0.15) is 23.5 Å². The highest BCUT2D eigenvalue weighted by Gasteiger charge is 2.32. The van der Waals surface area contributed by atoms with Crippen molar-refractivity contribution in [3.8, 4) is 17.2 Å². The van der Waals surface area contributed by atoms with Gasteiger partial charge in [-0.25, -0.2) is 4.98 Å². The molecule has 0 fully saturated rings. The molecule has 5 nitrogen and oxygen atoms in total. The minimum Gasteiger partial charge on any atom is -0.275 e. The molecular weight excluding hydrogens is 379 g/mol. The lowest BCUT2D eigenvalue weighted by Gasteiger charge is -2.10. The van der Waals surface area contributed by atoms with Gasteiger partial charge in [-0.05, 0) is 47.4 Å². The second-order valence-electron chi connectivity index (χ2n) is 6.64. The van der Waals surface area contributed by atoms with Crippen LogP contribution in [0.2, 0.25) is 0 Å². The molecule has 0 aliphatic rings. The number of nitriles is 1. The van der Waals surface area contributed by atoms with Crippen molar-refractivity contribution in [2.45, 2.75) is 12.6 Å². The molecule has 29 heavy (non-hydrogen) atoms. The van der Waals surface area contributed by atoms with Crippen LogP contribution >= 0.6 is 0 Å². The second-order valence-corrected chi connectivity index (χ2v) is 6.64. The van der Waals surface area contributed by atoms with Crippen LogP contribution in [0.15, 0.2) is 55.0 Å². The normalized spacial score (nSPS) is 11.6. The summed E-state index contributed by atoms with van der Waals surface area (Å²) in [7, 11) is 1.81. The van der Waals surface area contributed by atoms with Crippen molar-refractivity contribution >= 4 is 10.9 Å². The maximum Gasteiger partial charge on any atom is 0.433 e. The van der Waals surface area contributed by atoms with Crippen molar-refractivity contribution in [2.75, 3.05) is 0 Å². The lowest BCUT2D eigenvalue weighted by molar-refractivity contribution is -0.141. The van der Waals surface area contributed by atoms with Gasteiger partial charge in [-0.15, -0.1) is 0 Å². The summed E-state index contributed by atoms with van der Waals surface area (Å²) < 4.78 is 40.4. The molecule has 3 aromatic heterocycles. The third-order valence-electron chi connectivity index (χ3n) is 4.53. The summed E-state index contributed by atoms with van der Waals surface area (Å²) in [5, 5.41) is 14.3. The van der Waals surface area contributed by atoms with Crippen LogP contribution in [0.25, 0.3) is 22.0 Å². The summed E-state index contributed by atoms with van der Waals surface area (Å²) in [6.07, 6.45) is 0.522. The lowest BCUT2D eigenvalue weighted by Crippen LogP contribution is -2.08. The average molecular weight is 393 g/mol. The van der Waals surface area contributed by atoms with E-state index in [1.807, 2.05) is 18.3 Å². The van der Waals surface area contributed by atoms with E-state index in [0.29, 0.717) is 17.5 Å². The number of hydrogen-bond donors (Lipinski definition) is 0. The van der Waals surface area contributed by atoms with Crippen molar-refractivity contribution in [1.82, 2.24) is 19.7 Å². The second kappa shape index (κ2) is 7.02. The molecule has 8 heteroatoms. The van der Waals surface area contributed by atoms with Crippen LogP contribution in [-0.4, -0.2) is 19.7 Å². The van der Waals surface area contributed by atoms with Crippen LogP contribution in [0.3, 0.4) is 0 Å². The molecule has 0 atom stereocenters. The number of aromatic nitrogens is 4. The molecule has 0 bridgehead atoms. The molecule has 0 aliphatic heterocycles. The van der Waals surface area contributed by atoms with Crippen molar-refractivity contribution in [3.63, 3.8) is 0 Å². The molecule has 0 saturated heterocycles. The minimum absolute atomic E-state index is 0.261. The van der Waals surface area contributed by atoms with Gasteiger partial charge < -0.3 is 0 Å². The molecule has 1 aromatic carbocycles. The van der Waals surface area contributed by atoms with Crippen LogP contribution in [0.5, 0.6) is 0 Å². The van der Waals surface area contributed by atoms with Gasteiger partial charge in [0.25, 0.3) is 0 Å². The fourth-order valence-electron chi connectivity index (χ4n) is 3.22. The number of aryl methyl sites for hydroxylation is 1. The van der Waals surface area contributed by atoms with Gasteiger partial charge in [0.05, 0.1) is 11.7 Å². The van der Waals surface area contributed by atoms with Crippen LogP contribution in [0, 0.1) is 11.3 Å². The highest BCUT2D eigenvalue weighted by atomic mass is 19.4. The summed E-state index contributed by atoms with van der Waals surface area (Å²) in [5.74, 6) is 0. The van der Waals surface area contributed by atoms with Crippen LogP contribution in [0.4, 0.5) is 13.2 Å². The van der Waals surface area contributed by atoms with Gasteiger partial charge in [-0.3, -0.25) is 9.67 Å².